The van der Waals surface area contributed by atoms with Crippen molar-refractivity contribution in [1.82, 2.24) is 10.2 Å². The van der Waals surface area contributed by atoms with Crippen molar-refractivity contribution in [2.45, 2.75) is 19.4 Å². The molecular weight excluding hydrogens is 368 g/mol. The molecule has 1 fully saturated rings. The zero-order valence-corrected chi connectivity index (χ0v) is 17.9. The molecule has 2 aromatic carbocycles. The van der Waals surface area contributed by atoms with E-state index < -0.39 is 0 Å². The molecule has 0 amide bonds. The van der Waals surface area contributed by atoms with Crippen LogP contribution in [0.3, 0.4) is 0 Å². The standard InChI is InChI=1S/C23H32N2O4/c1-5-29-22-16-18(8-10-20(22)27-3)23(25-13-6-11-24-12-14-25)17-7-9-19(26-2)21(15-17)28-4/h7-10,15-16,23-24H,5-6,11-14H2,1-4H3. The lowest BCUT2D eigenvalue weighted by molar-refractivity contribution is 0.239. The average Bonchev–Trinajstić information content (AvgIpc) is 3.03. The SMILES string of the molecule is CCOc1cc(C(c2ccc(OC)c(OC)c2)N2CCCNCC2)ccc1OC. The molecule has 1 saturated heterocycles. The lowest BCUT2D eigenvalue weighted by atomic mass is 9.95. The highest BCUT2D eigenvalue weighted by atomic mass is 16.5. The topological polar surface area (TPSA) is 52.2 Å². The molecule has 1 N–H and O–H groups in total. The van der Waals surface area contributed by atoms with Crippen molar-refractivity contribution in [3.8, 4) is 23.0 Å². The molecule has 2 aromatic rings. The predicted molar refractivity (Wildman–Crippen MR) is 115 cm³/mol. The van der Waals surface area contributed by atoms with Gasteiger partial charge >= 0.3 is 0 Å². The third kappa shape index (κ3) is 4.95. The summed E-state index contributed by atoms with van der Waals surface area (Å²) in [6, 6.07) is 12.5. The van der Waals surface area contributed by atoms with E-state index in [-0.39, 0.29) is 6.04 Å². The normalized spacial score (nSPS) is 16.0. The van der Waals surface area contributed by atoms with Crippen LogP contribution in [0.5, 0.6) is 23.0 Å². The Bertz CT molecular complexity index is 788. The average molecular weight is 401 g/mol. The molecule has 1 heterocycles. The number of rotatable bonds is 8. The molecule has 1 unspecified atom stereocenters. The zero-order chi connectivity index (χ0) is 20.6. The first kappa shape index (κ1) is 21.3. The monoisotopic (exact) mass is 400 g/mol. The molecule has 3 rings (SSSR count). The van der Waals surface area contributed by atoms with E-state index in [1.54, 1.807) is 21.3 Å². The summed E-state index contributed by atoms with van der Waals surface area (Å²) >= 11 is 0. The van der Waals surface area contributed by atoms with E-state index in [2.05, 4.69) is 34.5 Å². The first-order valence-corrected chi connectivity index (χ1v) is 10.2. The van der Waals surface area contributed by atoms with Crippen LogP contribution in [0.4, 0.5) is 0 Å². The molecule has 1 aliphatic rings. The van der Waals surface area contributed by atoms with Crippen LogP contribution in [0, 0.1) is 0 Å². The second kappa shape index (κ2) is 10.4. The van der Waals surface area contributed by atoms with Gasteiger partial charge in [0.05, 0.1) is 34.0 Å². The van der Waals surface area contributed by atoms with Crippen LogP contribution in [0.2, 0.25) is 0 Å². The number of hydrogen-bond acceptors (Lipinski definition) is 6. The molecule has 1 atom stereocenters. The van der Waals surface area contributed by atoms with Crippen LogP contribution < -0.4 is 24.3 Å². The van der Waals surface area contributed by atoms with Gasteiger partial charge in [0, 0.05) is 19.6 Å². The van der Waals surface area contributed by atoms with Gasteiger partial charge in [-0.2, -0.15) is 0 Å². The van der Waals surface area contributed by atoms with Gasteiger partial charge in [0.25, 0.3) is 0 Å². The first-order chi connectivity index (χ1) is 14.2. The summed E-state index contributed by atoms with van der Waals surface area (Å²) in [4.78, 5) is 2.51. The fourth-order valence-corrected chi connectivity index (χ4v) is 3.89. The predicted octanol–water partition coefficient (Wildman–Crippen LogP) is 3.50. The number of nitrogens with one attached hydrogen (secondary N) is 1. The minimum Gasteiger partial charge on any atom is -0.493 e. The van der Waals surface area contributed by atoms with Crippen LogP contribution in [0.15, 0.2) is 36.4 Å². The highest BCUT2D eigenvalue weighted by Gasteiger charge is 2.25. The summed E-state index contributed by atoms with van der Waals surface area (Å²) in [7, 11) is 5.00. The van der Waals surface area contributed by atoms with Gasteiger partial charge in [-0.3, -0.25) is 4.90 Å². The molecule has 0 aromatic heterocycles. The summed E-state index contributed by atoms with van der Waals surface area (Å²) in [6.07, 6.45) is 1.11. The number of nitrogens with zero attached hydrogens (tertiary/aromatic N) is 1. The Hall–Kier alpha value is -2.44. The number of benzene rings is 2. The molecule has 1 aliphatic heterocycles. The minimum atomic E-state index is 0.0832. The quantitative estimate of drug-likeness (QED) is 0.732. The van der Waals surface area contributed by atoms with Crippen molar-refractivity contribution < 1.29 is 18.9 Å². The Morgan fingerprint density at radius 1 is 0.828 bits per heavy atom. The van der Waals surface area contributed by atoms with E-state index in [0.29, 0.717) is 6.61 Å². The molecule has 6 nitrogen and oxygen atoms in total. The Morgan fingerprint density at radius 3 is 2.07 bits per heavy atom. The van der Waals surface area contributed by atoms with E-state index in [4.69, 9.17) is 18.9 Å². The van der Waals surface area contributed by atoms with E-state index >= 15 is 0 Å². The third-order valence-corrected chi connectivity index (χ3v) is 5.27. The van der Waals surface area contributed by atoms with Crippen LogP contribution in [-0.2, 0) is 0 Å². The van der Waals surface area contributed by atoms with Crippen molar-refractivity contribution in [2.24, 2.45) is 0 Å². The molecular formula is C23H32N2O4. The molecule has 158 valence electrons. The molecule has 0 bridgehead atoms. The van der Waals surface area contributed by atoms with Crippen LogP contribution in [0.25, 0.3) is 0 Å². The highest BCUT2D eigenvalue weighted by molar-refractivity contribution is 5.49. The van der Waals surface area contributed by atoms with E-state index in [1.807, 2.05) is 19.1 Å². The number of methoxy groups -OCH3 is 3. The molecule has 0 aliphatic carbocycles. The second-order valence-corrected chi connectivity index (χ2v) is 7.00. The van der Waals surface area contributed by atoms with Gasteiger partial charge in [-0.15, -0.1) is 0 Å². The fourth-order valence-electron chi connectivity index (χ4n) is 3.89. The van der Waals surface area contributed by atoms with Gasteiger partial charge in [0.2, 0.25) is 0 Å². The van der Waals surface area contributed by atoms with Crippen LogP contribution in [-0.4, -0.2) is 59.0 Å². The maximum atomic E-state index is 5.85. The Kier molecular flexibility index (Phi) is 7.61. The van der Waals surface area contributed by atoms with Crippen molar-refractivity contribution in [2.75, 3.05) is 54.1 Å². The summed E-state index contributed by atoms with van der Waals surface area (Å²) in [5, 5.41) is 3.49. The van der Waals surface area contributed by atoms with Gasteiger partial charge in [-0.25, -0.2) is 0 Å². The summed E-state index contributed by atoms with van der Waals surface area (Å²) < 4.78 is 22.3. The maximum Gasteiger partial charge on any atom is 0.161 e. The summed E-state index contributed by atoms with van der Waals surface area (Å²) in [5.41, 5.74) is 2.33. The van der Waals surface area contributed by atoms with Crippen LogP contribution in [0.1, 0.15) is 30.5 Å². The lowest BCUT2D eigenvalue weighted by Crippen LogP contribution is -2.33. The zero-order valence-electron chi connectivity index (χ0n) is 17.9. The van der Waals surface area contributed by atoms with E-state index in [0.717, 1.165) is 61.2 Å². The maximum absolute atomic E-state index is 5.85. The second-order valence-electron chi connectivity index (χ2n) is 7.00. The number of ether oxygens (including phenoxy) is 4. The van der Waals surface area contributed by atoms with Crippen molar-refractivity contribution in [3.63, 3.8) is 0 Å². The van der Waals surface area contributed by atoms with E-state index in [1.165, 1.54) is 5.56 Å². The highest BCUT2D eigenvalue weighted by Crippen LogP contribution is 2.38. The van der Waals surface area contributed by atoms with Crippen LogP contribution >= 0.6 is 0 Å². The van der Waals surface area contributed by atoms with Gasteiger partial charge in [0.1, 0.15) is 0 Å². The van der Waals surface area contributed by atoms with Gasteiger partial charge < -0.3 is 24.3 Å². The van der Waals surface area contributed by atoms with Gasteiger partial charge in [-0.05, 0) is 55.3 Å². The first-order valence-electron chi connectivity index (χ1n) is 10.2. The van der Waals surface area contributed by atoms with Crippen molar-refractivity contribution in [1.29, 1.82) is 0 Å². The fraction of sp³-hybridized carbons (Fsp3) is 0.478. The van der Waals surface area contributed by atoms with Gasteiger partial charge in [-0.1, -0.05) is 12.1 Å². The summed E-state index contributed by atoms with van der Waals surface area (Å²) in [6.45, 7) is 6.57. The summed E-state index contributed by atoms with van der Waals surface area (Å²) in [5.74, 6) is 2.99. The lowest BCUT2D eigenvalue weighted by Gasteiger charge is -2.32. The Morgan fingerprint density at radius 2 is 1.45 bits per heavy atom. The minimum absolute atomic E-state index is 0.0832. The van der Waals surface area contributed by atoms with E-state index in [9.17, 15) is 0 Å². The molecule has 29 heavy (non-hydrogen) atoms. The molecule has 0 saturated carbocycles. The van der Waals surface area contributed by atoms with Gasteiger partial charge in [0.15, 0.2) is 23.0 Å². The van der Waals surface area contributed by atoms with Crippen molar-refractivity contribution in [3.05, 3.63) is 47.5 Å². The molecule has 0 spiro atoms. The Balaban J connectivity index is 2.07. The molecule has 0 radical (unpaired) electrons. The third-order valence-electron chi connectivity index (χ3n) is 5.27. The largest absolute Gasteiger partial charge is 0.493 e. The smallest absolute Gasteiger partial charge is 0.161 e. The Labute approximate surface area is 173 Å². The number of hydrogen-bond donors (Lipinski definition) is 1. The molecule has 6 heteroatoms. The van der Waals surface area contributed by atoms with Crippen molar-refractivity contribution >= 4 is 0 Å².